The van der Waals surface area contributed by atoms with E-state index in [0.29, 0.717) is 48.3 Å². The van der Waals surface area contributed by atoms with Gasteiger partial charge in [-0.3, -0.25) is 9.59 Å². The largest absolute Gasteiger partial charge is 0.508 e. The van der Waals surface area contributed by atoms with E-state index in [-0.39, 0.29) is 29.1 Å². The SMILES string of the molecule is Cc1c(F)cccc1[C@@H]1[C@@H](C(=O)c2cccc(O)c2)CN(CCC[C@H](N(C)C)C(C)(C)O)C[C@H]1C(=O)c1cccc(O)c1. The number of phenolic OH excluding ortho intramolecular Hbond substituents is 2. The fraction of sp³-hybridized carbons (Fsp3) is 0.429. The third-order valence-electron chi connectivity index (χ3n) is 8.77. The number of phenols is 2. The molecule has 1 aliphatic rings. The Morgan fingerprint density at radius 2 is 1.44 bits per heavy atom. The van der Waals surface area contributed by atoms with Gasteiger partial charge in [0.25, 0.3) is 0 Å². The van der Waals surface area contributed by atoms with Crippen LogP contribution >= 0.6 is 0 Å². The first kappa shape index (κ1) is 32.3. The highest BCUT2D eigenvalue weighted by Gasteiger charge is 2.45. The van der Waals surface area contributed by atoms with Crippen LogP contribution < -0.4 is 0 Å². The highest BCUT2D eigenvalue weighted by Crippen LogP contribution is 2.43. The maximum Gasteiger partial charge on any atom is 0.167 e. The van der Waals surface area contributed by atoms with E-state index in [1.165, 1.54) is 30.3 Å². The monoisotopic (exact) mass is 590 g/mol. The van der Waals surface area contributed by atoms with Crippen molar-refractivity contribution in [3.05, 3.63) is 94.8 Å². The molecule has 7 nitrogen and oxygen atoms in total. The number of ketones is 2. The molecule has 3 aromatic rings. The Balaban J connectivity index is 1.77. The standard InChI is InChI=1S/C35H43FN2O5/c1-22-27(14-8-15-30(22)36)32-28(33(41)23-10-6-12-25(39)18-23)20-38(17-9-16-31(37(4)5)35(2,3)43)21-29(32)34(42)24-11-7-13-26(40)19-24/h6-8,10-15,18-19,28-29,31-32,39-40,43H,9,16-17,20-21H2,1-5H3/t28-,29+,31-,32+/m0/s1. The number of likely N-dealkylation sites (N-methyl/N-ethyl adjacent to an activating group) is 1. The van der Waals surface area contributed by atoms with E-state index in [1.54, 1.807) is 57.2 Å². The summed E-state index contributed by atoms with van der Waals surface area (Å²) in [5, 5.41) is 31.0. The van der Waals surface area contributed by atoms with Crippen molar-refractivity contribution in [2.24, 2.45) is 11.8 Å². The quantitative estimate of drug-likeness (QED) is 0.256. The molecule has 3 aromatic carbocycles. The average Bonchev–Trinajstić information content (AvgIpc) is 2.95. The minimum absolute atomic E-state index is 0.0364. The Morgan fingerprint density at radius 3 is 1.91 bits per heavy atom. The normalized spacial score (nSPS) is 20.2. The number of piperidine rings is 1. The first-order valence-corrected chi connectivity index (χ1v) is 14.8. The van der Waals surface area contributed by atoms with E-state index in [0.717, 1.165) is 6.42 Å². The van der Waals surface area contributed by atoms with Gasteiger partial charge in [0.05, 0.1) is 5.60 Å². The van der Waals surface area contributed by atoms with Crippen LogP contribution in [-0.4, -0.2) is 82.1 Å². The number of hydrogen-bond donors (Lipinski definition) is 3. The molecule has 4 atom stereocenters. The third kappa shape index (κ3) is 7.50. The van der Waals surface area contributed by atoms with Gasteiger partial charge in [-0.05, 0) is 95.7 Å². The third-order valence-corrected chi connectivity index (χ3v) is 8.77. The molecule has 3 N–H and O–H groups in total. The van der Waals surface area contributed by atoms with Crippen molar-refractivity contribution in [3.63, 3.8) is 0 Å². The minimum atomic E-state index is -0.910. The molecule has 0 amide bonds. The molecule has 0 aromatic heterocycles. The lowest BCUT2D eigenvalue weighted by molar-refractivity contribution is -0.00794. The molecule has 43 heavy (non-hydrogen) atoms. The number of hydrogen-bond acceptors (Lipinski definition) is 7. The van der Waals surface area contributed by atoms with Crippen molar-refractivity contribution in [3.8, 4) is 11.5 Å². The molecule has 4 rings (SSSR count). The summed E-state index contributed by atoms with van der Waals surface area (Å²) in [6.07, 6.45) is 1.42. The molecule has 1 saturated heterocycles. The fourth-order valence-corrected chi connectivity index (χ4v) is 6.73. The van der Waals surface area contributed by atoms with Gasteiger partial charge in [-0.1, -0.05) is 36.4 Å². The molecule has 0 bridgehead atoms. The van der Waals surface area contributed by atoms with E-state index >= 15 is 0 Å². The van der Waals surface area contributed by atoms with Gasteiger partial charge >= 0.3 is 0 Å². The topological polar surface area (TPSA) is 101 Å². The Morgan fingerprint density at radius 1 is 0.930 bits per heavy atom. The molecule has 0 aliphatic carbocycles. The smallest absolute Gasteiger partial charge is 0.167 e. The van der Waals surface area contributed by atoms with Crippen molar-refractivity contribution in [2.45, 2.75) is 51.2 Å². The summed E-state index contributed by atoms with van der Waals surface area (Å²) in [7, 11) is 3.87. The van der Waals surface area contributed by atoms with Crippen LogP contribution in [0.5, 0.6) is 11.5 Å². The number of likely N-dealkylation sites (tertiary alicyclic amines) is 1. The Bertz CT molecular complexity index is 1380. The minimum Gasteiger partial charge on any atom is -0.508 e. The average molecular weight is 591 g/mol. The van der Waals surface area contributed by atoms with Gasteiger partial charge in [0.2, 0.25) is 0 Å². The predicted octanol–water partition coefficient (Wildman–Crippen LogP) is 5.42. The maximum absolute atomic E-state index is 15.0. The number of carbonyl (C=O) groups is 2. The van der Waals surface area contributed by atoms with Crippen LogP contribution in [0.1, 0.15) is 64.4 Å². The first-order chi connectivity index (χ1) is 20.3. The van der Waals surface area contributed by atoms with Gasteiger partial charge in [-0.2, -0.15) is 0 Å². The number of rotatable bonds is 11. The fourth-order valence-electron chi connectivity index (χ4n) is 6.73. The van der Waals surface area contributed by atoms with Gasteiger partial charge in [-0.15, -0.1) is 0 Å². The van der Waals surface area contributed by atoms with Gasteiger partial charge < -0.3 is 25.1 Å². The maximum atomic E-state index is 15.0. The van der Waals surface area contributed by atoms with E-state index in [2.05, 4.69) is 4.90 Å². The number of aliphatic hydroxyl groups is 1. The number of aromatic hydroxyl groups is 2. The first-order valence-electron chi connectivity index (χ1n) is 14.8. The van der Waals surface area contributed by atoms with Crippen LogP contribution in [-0.2, 0) is 0 Å². The Kier molecular flexibility index (Phi) is 10.1. The molecule has 8 heteroatoms. The van der Waals surface area contributed by atoms with E-state index in [4.69, 9.17) is 0 Å². The Hall–Kier alpha value is -3.59. The number of benzene rings is 3. The lowest BCUT2D eigenvalue weighted by Crippen LogP contribution is -2.51. The lowest BCUT2D eigenvalue weighted by atomic mass is 9.67. The van der Waals surface area contributed by atoms with Crippen LogP contribution in [0, 0.1) is 24.6 Å². The van der Waals surface area contributed by atoms with Crippen molar-refractivity contribution < 1.29 is 29.3 Å². The van der Waals surface area contributed by atoms with Crippen LogP contribution in [0.15, 0.2) is 66.7 Å². The summed E-state index contributed by atoms with van der Waals surface area (Å²) >= 11 is 0. The zero-order valence-corrected chi connectivity index (χ0v) is 25.6. The second-order valence-electron chi connectivity index (χ2n) is 12.6. The molecule has 0 spiro atoms. The summed E-state index contributed by atoms with van der Waals surface area (Å²) in [5.74, 6) is -2.99. The lowest BCUT2D eigenvalue weighted by Gasteiger charge is -2.44. The summed E-state index contributed by atoms with van der Waals surface area (Å²) < 4.78 is 15.0. The molecule has 0 unspecified atom stereocenters. The van der Waals surface area contributed by atoms with E-state index in [9.17, 15) is 29.3 Å². The highest BCUT2D eigenvalue weighted by molar-refractivity contribution is 6.02. The van der Waals surface area contributed by atoms with Crippen molar-refractivity contribution in [1.82, 2.24) is 9.80 Å². The van der Waals surface area contributed by atoms with Crippen molar-refractivity contribution >= 4 is 11.6 Å². The number of nitrogens with zero attached hydrogens (tertiary/aromatic N) is 2. The number of Topliss-reactive ketones (excluding diaryl/α,β-unsaturated/α-hetero) is 2. The van der Waals surface area contributed by atoms with Crippen molar-refractivity contribution in [1.29, 1.82) is 0 Å². The Labute approximate surface area is 253 Å². The predicted molar refractivity (Wildman–Crippen MR) is 165 cm³/mol. The summed E-state index contributed by atoms with van der Waals surface area (Å²) in [5.41, 5.74) is 0.731. The molecule has 230 valence electrons. The van der Waals surface area contributed by atoms with Gasteiger partial charge in [0.15, 0.2) is 11.6 Å². The van der Waals surface area contributed by atoms with Gasteiger partial charge in [0, 0.05) is 48.0 Å². The second kappa shape index (κ2) is 13.4. The van der Waals surface area contributed by atoms with Crippen LogP contribution in [0.2, 0.25) is 0 Å². The van der Waals surface area contributed by atoms with Gasteiger partial charge in [-0.25, -0.2) is 4.39 Å². The summed E-state index contributed by atoms with van der Waals surface area (Å²) in [6, 6.07) is 17.0. The molecular formula is C35H43FN2O5. The summed E-state index contributed by atoms with van der Waals surface area (Å²) in [6.45, 7) is 6.52. The molecular weight excluding hydrogens is 547 g/mol. The summed E-state index contributed by atoms with van der Waals surface area (Å²) in [4.78, 5) is 32.5. The van der Waals surface area contributed by atoms with Crippen LogP contribution in [0.25, 0.3) is 0 Å². The molecule has 1 fully saturated rings. The zero-order valence-electron chi connectivity index (χ0n) is 25.6. The van der Waals surface area contributed by atoms with E-state index in [1.807, 2.05) is 19.0 Å². The molecule has 0 radical (unpaired) electrons. The number of carbonyl (C=O) groups excluding carboxylic acids is 2. The van der Waals surface area contributed by atoms with Crippen LogP contribution in [0.3, 0.4) is 0 Å². The molecule has 1 aliphatic heterocycles. The highest BCUT2D eigenvalue weighted by atomic mass is 19.1. The zero-order chi connectivity index (χ0) is 31.5. The van der Waals surface area contributed by atoms with Crippen LogP contribution in [0.4, 0.5) is 4.39 Å². The second-order valence-corrected chi connectivity index (χ2v) is 12.6. The van der Waals surface area contributed by atoms with Gasteiger partial charge in [0.1, 0.15) is 17.3 Å². The molecule has 1 heterocycles. The number of halogens is 1. The van der Waals surface area contributed by atoms with E-state index < -0.39 is 29.2 Å². The molecule has 0 saturated carbocycles. The van der Waals surface area contributed by atoms with Crippen molar-refractivity contribution in [2.75, 3.05) is 33.7 Å².